The van der Waals surface area contributed by atoms with E-state index in [1.165, 1.54) is 16.9 Å². The van der Waals surface area contributed by atoms with Gasteiger partial charge in [0.2, 0.25) is 0 Å². The molecule has 0 N–H and O–H groups in total. The summed E-state index contributed by atoms with van der Waals surface area (Å²) in [6.07, 6.45) is 1.54. The lowest BCUT2D eigenvalue weighted by Crippen LogP contribution is -2.24. The lowest BCUT2D eigenvalue weighted by molar-refractivity contribution is 0.554. The van der Waals surface area contributed by atoms with E-state index >= 15 is 0 Å². The van der Waals surface area contributed by atoms with Crippen LogP contribution in [-0.4, -0.2) is 9.78 Å². The normalized spacial score (nSPS) is 11.1. The second-order valence-corrected chi connectivity index (χ2v) is 6.94. The molecular formula is C16H12Br2N2O3. The first-order valence-electron chi connectivity index (χ1n) is 6.82. The molecule has 0 fully saturated rings. The number of aromatic nitrogens is 2. The van der Waals surface area contributed by atoms with Gasteiger partial charge in [-0.15, -0.1) is 0 Å². The van der Waals surface area contributed by atoms with Gasteiger partial charge in [-0.3, -0.25) is 4.79 Å². The fourth-order valence-electron chi connectivity index (χ4n) is 2.33. The Bertz CT molecular complexity index is 1040. The molecular weight excluding hydrogens is 428 g/mol. The molecule has 0 spiro atoms. The number of rotatable bonds is 2. The quantitative estimate of drug-likeness (QED) is 0.573. The number of fused-ring (bicyclic) bond motifs is 1. The molecule has 118 valence electrons. The highest BCUT2D eigenvalue weighted by Gasteiger charge is 2.12. The molecule has 0 atom stereocenters. The molecule has 2 heterocycles. The molecule has 0 saturated heterocycles. The van der Waals surface area contributed by atoms with Crippen molar-refractivity contribution in [3.8, 4) is 0 Å². The minimum atomic E-state index is -0.444. The molecule has 3 aromatic rings. The molecule has 0 aliphatic rings. The zero-order valence-corrected chi connectivity index (χ0v) is 15.6. The van der Waals surface area contributed by atoms with Crippen molar-refractivity contribution in [2.75, 3.05) is 0 Å². The lowest BCUT2D eigenvalue weighted by Gasteiger charge is -2.10. The molecule has 0 bridgehead atoms. The Labute approximate surface area is 148 Å². The monoisotopic (exact) mass is 438 g/mol. The average molecular weight is 440 g/mol. The van der Waals surface area contributed by atoms with Gasteiger partial charge in [-0.25, -0.2) is 9.48 Å². The Morgan fingerprint density at radius 1 is 1.13 bits per heavy atom. The summed E-state index contributed by atoms with van der Waals surface area (Å²) in [6.45, 7) is 4.14. The molecule has 0 aliphatic heterocycles. The molecule has 0 radical (unpaired) electrons. The largest absolute Gasteiger partial charge is 0.423 e. The van der Waals surface area contributed by atoms with Gasteiger partial charge < -0.3 is 4.42 Å². The summed E-state index contributed by atoms with van der Waals surface area (Å²) in [5.41, 5.74) is 2.62. The minimum Gasteiger partial charge on any atom is -0.423 e. The second kappa shape index (κ2) is 6.05. The summed E-state index contributed by atoms with van der Waals surface area (Å²) < 4.78 is 7.55. The molecule has 7 heteroatoms. The Hall–Kier alpha value is -1.73. The fraction of sp³-hybridized carbons (Fsp3) is 0.188. The van der Waals surface area contributed by atoms with Gasteiger partial charge in [0, 0.05) is 11.5 Å². The van der Waals surface area contributed by atoms with Gasteiger partial charge in [-0.05, 0) is 74.5 Å². The highest BCUT2D eigenvalue weighted by Crippen LogP contribution is 2.22. The van der Waals surface area contributed by atoms with Gasteiger partial charge in [-0.1, -0.05) is 0 Å². The maximum atomic E-state index is 12.3. The van der Waals surface area contributed by atoms with E-state index in [-0.39, 0.29) is 12.1 Å². The summed E-state index contributed by atoms with van der Waals surface area (Å²) >= 11 is 6.48. The number of benzene rings is 1. The lowest BCUT2D eigenvalue weighted by atomic mass is 10.0. The summed E-state index contributed by atoms with van der Waals surface area (Å²) in [5.74, 6) is 0. The Kier molecular flexibility index (Phi) is 4.25. The zero-order chi connectivity index (χ0) is 16.7. The smallest absolute Gasteiger partial charge is 0.336 e. The van der Waals surface area contributed by atoms with Crippen LogP contribution in [0, 0.1) is 13.8 Å². The Balaban J connectivity index is 2.21. The number of hydrogen-bond acceptors (Lipinski definition) is 4. The van der Waals surface area contributed by atoms with Crippen molar-refractivity contribution in [2.24, 2.45) is 0 Å². The molecule has 0 unspecified atom stereocenters. The van der Waals surface area contributed by atoms with E-state index in [9.17, 15) is 9.59 Å². The maximum absolute atomic E-state index is 12.3. The molecule has 0 saturated carbocycles. The van der Waals surface area contributed by atoms with Crippen molar-refractivity contribution in [2.45, 2.75) is 20.4 Å². The van der Waals surface area contributed by atoms with E-state index in [1.54, 1.807) is 0 Å². The van der Waals surface area contributed by atoms with Gasteiger partial charge >= 0.3 is 5.63 Å². The van der Waals surface area contributed by atoms with E-state index in [0.29, 0.717) is 20.1 Å². The van der Waals surface area contributed by atoms with Crippen LogP contribution in [0.4, 0.5) is 0 Å². The highest BCUT2D eigenvalue weighted by atomic mass is 79.9. The first kappa shape index (κ1) is 16.1. The van der Waals surface area contributed by atoms with Crippen LogP contribution in [-0.2, 0) is 6.54 Å². The minimum absolute atomic E-state index is 0.190. The zero-order valence-electron chi connectivity index (χ0n) is 12.4. The SMILES string of the molecule is Cc1cc2oc(=O)cc(Cn3ncc(Br)c(Br)c3=O)c2cc1C. The summed E-state index contributed by atoms with van der Waals surface area (Å²) in [5, 5.41) is 4.91. The second-order valence-electron chi connectivity index (χ2n) is 5.29. The Morgan fingerprint density at radius 2 is 1.83 bits per heavy atom. The van der Waals surface area contributed by atoms with Crippen molar-refractivity contribution in [3.63, 3.8) is 0 Å². The van der Waals surface area contributed by atoms with Crippen LogP contribution in [0.15, 0.2) is 47.3 Å². The number of hydrogen-bond donors (Lipinski definition) is 0. The van der Waals surface area contributed by atoms with E-state index < -0.39 is 5.63 Å². The first-order chi connectivity index (χ1) is 10.9. The highest BCUT2D eigenvalue weighted by molar-refractivity contribution is 9.13. The summed E-state index contributed by atoms with van der Waals surface area (Å²) in [6, 6.07) is 5.20. The molecule has 5 nitrogen and oxygen atoms in total. The van der Waals surface area contributed by atoms with Gasteiger partial charge in [0.25, 0.3) is 5.56 Å². The van der Waals surface area contributed by atoms with Gasteiger partial charge in [0.1, 0.15) is 10.1 Å². The third kappa shape index (κ3) is 3.03. The van der Waals surface area contributed by atoms with Crippen LogP contribution in [0.2, 0.25) is 0 Å². The standard InChI is InChI=1S/C16H12Br2N2O3/c1-8-3-11-10(5-14(21)23-13(11)4-9(8)2)7-20-16(22)15(18)12(17)6-19-20/h3-6H,7H2,1-2H3. The molecule has 3 rings (SSSR count). The van der Waals surface area contributed by atoms with Crippen LogP contribution in [0.1, 0.15) is 16.7 Å². The van der Waals surface area contributed by atoms with Gasteiger partial charge in [0.05, 0.1) is 17.2 Å². The van der Waals surface area contributed by atoms with Crippen molar-refractivity contribution < 1.29 is 4.42 Å². The predicted octanol–water partition coefficient (Wildman–Crippen LogP) is 3.54. The van der Waals surface area contributed by atoms with Crippen LogP contribution in [0.5, 0.6) is 0 Å². The molecule has 2 aromatic heterocycles. The fourth-order valence-corrected chi connectivity index (χ4v) is 2.90. The van der Waals surface area contributed by atoms with Gasteiger partial charge in [0.15, 0.2) is 0 Å². The van der Waals surface area contributed by atoms with Crippen LogP contribution in [0.3, 0.4) is 0 Å². The predicted molar refractivity (Wildman–Crippen MR) is 95.0 cm³/mol. The maximum Gasteiger partial charge on any atom is 0.336 e. The van der Waals surface area contributed by atoms with Crippen molar-refractivity contribution >= 4 is 42.8 Å². The molecule has 0 aliphatic carbocycles. The van der Waals surface area contributed by atoms with Crippen molar-refractivity contribution in [3.05, 3.63) is 70.8 Å². The van der Waals surface area contributed by atoms with Crippen LogP contribution in [0.25, 0.3) is 11.0 Å². The van der Waals surface area contributed by atoms with Gasteiger partial charge in [-0.2, -0.15) is 5.10 Å². The van der Waals surface area contributed by atoms with Crippen LogP contribution < -0.4 is 11.2 Å². The van der Waals surface area contributed by atoms with E-state index in [4.69, 9.17) is 4.42 Å². The third-order valence-electron chi connectivity index (χ3n) is 3.71. The van der Waals surface area contributed by atoms with E-state index in [2.05, 4.69) is 37.0 Å². The number of aryl methyl sites for hydroxylation is 2. The summed E-state index contributed by atoms with van der Waals surface area (Å²) in [4.78, 5) is 24.1. The van der Waals surface area contributed by atoms with E-state index in [1.807, 2.05) is 26.0 Å². The number of halogens is 2. The van der Waals surface area contributed by atoms with Crippen molar-refractivity contribution in [1.29, 1.82) is 0 Å². The molecule has 0 amide bonds. The third-order valence-corrected chi connectivity index (χ3v) is 5.61. The average Bonchev–Trinajstić information content (AvgIpc) is 2.50. The van der Waals surface area contributed by atoms with Crippen molar-refractivity contribution in [1.82, 2.24) is 9.78 Å². The molecule has 23 heavy (non-hydrogen) atoms. The molecule has 1 aromatic carbocycles. The van der Waals surface area contributed by atoms with E-state index in [0.717, 1.165) is 16.5 Å². The van der Waals surface area contributed by atoms with Crippen LogP contribution >= 0.6 is 31.9 Å². The topological polar surface area (TPSA) is 65.1 Å². The summed E-state index contributed by atoms with van der Waals surface area (Å²) in [7, 11) is 0. The number of nitrogens with zero attached hydrogens (tertiary/aromatic N) is 2. The Morgan fingerprint density at radius 3 is 2.57 bits per heavy atom. The first-order valence-corrected chi connectivity index (χ1v) is 8.40.